The molecule has 0 spiro atoms. The zero-order valence-electron chi connectivity index (χ0n) is 16.3. The Morgan fingerprint density at radius 2 is 1.86 bits per heavy atom. The second kappa shape index (κ2) is 7.44. The summed E-state index contributed by atoms with van der Waals surface area (Å²) >= 11 is 13.0. The Labute approximate surface area is 179 Å². The third-order valence-electron chi connectivity index (χ3n) is 6.71. The van der Waals surface area contributed by atoms with E-state index in [4.69, 9.17) is 23.2 Å². The van der Waals surface area contributed by atoms with Crippen LogP contribution in [0.3, 0.4) is 0 Å². The lowest BCUT2D eigenvalue weighted by Gasteiger charge is -2.34. The molecule has 1 unspecified atom stereocenters. The highest BCUT2D eigenvalue weighted by molar-refractivity contribution is 6.47. The number of benzene rings is 1. The molecule has 1 aromatic rings. The quantitative estimate of drug-likeness (QED) is 0.626. The standard InChI is InChI=1S/C22H23Cl2NO4/c1-2-3-8-22(13-6-4-5-7-13)11-12-9-14(18(23)19(24)17(12)20(22)28)25-16(27)10-15(26)21(25)29/h9-10,13,26H,2-8,11H2,1H3. The SMILES string of the molecule is CCCCC1(C2CCCC2)Cc2cc(N3C(=O)C=C(O)C3=O)c(Cl)c(Cl)c2C1=O. The number of imide groups is 1. The number of halogens is 2. The van der Waals surface area contributed by atoms with Crippen LogP contribution in [0.2, 0.25) is 10.0 Å². The van der Waals surface area contributed by atoms with Gasteiger partial charge in [-0.2, -0.15) is 0 Å². The first-order chi connectivity index (χ1) is 13.8. The van der Waals surface area contributed by atoms with Gasteiger partial charge < -0.3 is 5.11 Å². The molecule has 29 heavy (non-hydrogen) atoms. The minimum absolute atomic E-state index is 0.0127. The zero-order valence-corrected chi connectivity index (χ0v) is 17.8. The lowest BCUT2D eigenvalue weighted by Crippen LogP contribution is -2.35. The molecule has 4 rings (SSSR count). The van der Waals surface area contributed by atoms with E-state index < -0.39 is 23.0 Å². The third-order valence-corrected chi connectivity index (χ3v) is 7.57. The van der Waals surface area contributed by atoms with Crippen molar-refractivity contribution in [2.75, 3.05) is 4.90 Å². The molecule has 2 aliphatic carbocycles. The normalized spacial score (nSPS) is 24.6. The Kier molecular flexibility index (Phi) is 5.24. The van der Waals surface area contributed by atoms with E-state index >= 15 is 0 Å². The average Bonchev–Trinajstić information content (AvgIpc) is 3.37. The lowest BCUT2D eigenvalue weighted by molar-refractivity contribution is -0.121. The van der Waals surface area contributed by atoms with Gasteiger partial charge in [-0.3, -0.25) is 14.4 Å². The van der Waals surface area contributed by atoms with Crippen LogP contribution in [0.1, 0.15) is 67.8 Å². The fourth-order valence-corrected chi connectivity index (χ4v) is 5.81. The first-order valence-electron chi connectivity index (χ1n) is 10.2. The number of hydrogen-bond acceptors (Lipinski definition) is 4. The van der Waals surface area contributed by atoms with Crippen LogP contribution in [-0.2, 0) is 16.0 Å². The number of rotatable bonds is 5. The average molecular weight is 436 g/mol. The van der Waals surface area contributed by atoms with E-state index in [-0.39, 0.29) is 21.5 Å². The van der Waals surface area contributed by atoms with Crippen molar-refractivity contribution in [2.45, 2.75) is 58.3 Å². The monoisotopic (exact) mass is 435 g/mol. The zero-order chi connectivity index (χ0) is 20.9. The van der Waals surface area contributed by atoms with Gasteiger partial charge >= 0.3 is 0 Å². The molecule has 7 heteroatoms. The van der Waals surface area contributed by atoms with Gasteiger partial charge in [0.1, 0.15) is 0 Å². The van der Waals surface area contributed by atoms with Crippen molar-refractivity contribution < 1.29 is 19.5 Å². The summed E-state index contributed by atoms with van der Waals surface area (Å²) < 4.78 is 0. The van der Waals surface area contributed by atoms with Crippen LogP contribution in [-0.4, -0.2) is 22.7 Å². The van der Waals surface area contributed by atoms with Gasteiger partial charge in [0.05, 0.1) is 21.8 Å². The van der Waals surface area contributed by atoms with Crippen LogP contribution < -0.4 is 4.90 Å². The number of carbonyl (C=O) groups excluding carboxylic acids is 3. The Morgan fingerprint density at radius 3 is 2.45 bits per heavy atom. The summed E-state index contributed by atoms with van der Waals surface area (Å²) in [6.07, 6.45) is 8.47. The number of hydrogen-bond donors (Lipinski definition) is 1. The van der Waals surface area contributed by atoms with E-state index in [2.05, 4.69) is 6.92 Å². The van der Waals surface area contributed by atoms with Gasteiger partial charge in [0.15, 0.2) is 11.5 Å². The molecule has 1 fully saturated rings. The number of aliphatic hydroxyl groups excluding tert-OH is 1. The largest absolute Gasteiger partial charge is 0.503 e. The van der Waals surface area contributed by atoms with E-state index in [1.54, 1.807) is 6.07 Å². The minimum atomic E-state index is -0.842. The third kappa shape index (κ3) is 3.01. The van der Waals surface area contributed by atoms with Crippen molar-refractivity contribution in [1.82, 2.24) is 0 Å². The maximum atomic E-state index is 13.7. The molecule has 1 aromatic carbocycles. The first-order valence-corrected chi connectivity index (χ1v) is 10.9. The Morgan fingerprint density at radius 1 is 1.17 bits per heavy atom. The molecule has 0 radical (unpaired) electrons. The van der Waals surface area contributed by atoms with Crippen molar-refractivity contribution >= 4 is 46.5 Å². The molecular formula is C22H23Cl2NO4. The van der Waals surface area contributed by atoms with Gasteiger partial charge in [0.25, 0.3) is 11.8 Å². The number of anilines is 1. The highest BCUT2D eigenvalue weighted by Gasteiger charge is 2.52. The van der Waals surface area contributed by atoms with E-state index in [0.29, 0.717) is 17.9 Å². The molecule has 1 heterocycles. The van der Waals surface area contributed by atoms with Crippen molar-refractivity contribution in [1.29, 1.82) is 0 Å². The van der Waals surface area contributed by atoms with Gasteiger partial charge in [-0.05, 0) is 43.2 Å². The van der Waals surface area contributed by atoms with Crippen molar-refractivity contribution in [3.8, 4) is 0 Å². The predicted molar refractivity (Wildman–Crippen MR) is 112 cm³/mol. The van der Waals surface area contributed by atoms with Crippen LogP contribution in [0.25, 0.3) is 0 Å². The Hall–Kier alpha value is -1.85. The molecule has 1 atom stereocenters. The number of nitrogens with zero attached hydrogens (tertiary/aromatic N) is 1. The maximum absolute atomic E-state index is 13.7. The Balaban J connectivity index is 1.80. The van der Waals surface area contributed by atoms with Crippen LogP contribution in [0.4, 0.5) is 5.69 Å². The fraction of sp³-hybridized carbons (Fsp3) is 0.500. The van der Waals surface area contributed by atoms with E-state index in [9.17, 15) is 19.5 Å². The van der Waals surface area contributed by atoms with Crippen molar-refractivity contribution in [3.05, 3.63) is 39.1 Å². The summed E-state index contributed by atoms with van der Waals surface area (Å²) in [7, 11) is 0. The summed E-state index contributed by atoms with van der Waals surface area (Å²) in [4.78, 5) is 38.9. The Bertz CT molecular complexity index is 949. The van der Waals surface area contributed by atoms with Gasteiger partial charge in [-0.15, -0.1) is 0 Å². The number of ketones is 1. The lowest BCUT2D eigenvalue weighted by atomic mass is 9.68. The van der Waals surface area contributed by atoms with Gasteiger partial charge in [0.2, 0.25) is 0 Å². The summed E-state index contributed by atoms with van der Waals surface area (Å²) in [5.74, 6) is -1.80. The highest BCUT2D eigenvalue weighted by atomic mass is 35.5. The molecule has 1 aliphatic heterocycles. The van der Waals surface area contributed by atoms with E-state index in [1.807, 2.05) is 0 Å². The van der Waals surface area contributed by atoms with Gasteiger partial charge in [-0.25, -0.2) is 4.90 Å². The van der Waals surface area contributed by atoms with Crippen LogP contribution >= 0.6 is 23.2 Å². The van der Waals surface area contributed by atoms with Crippen molar-refractivity contribution in [3.63, 3.8) is 0 Å². The number of aliphatic hydroxyl groups is 1. The van der Waals surface area contributed by atoms with E-state index in [0.717, 1.165) is 61.5 Å². The summed E-state index contributed by atoms with van der Waals surface area (Å²) in [6, 6.07) is 1.63. The van der Waals surface area contributed by atoms with Crippen LogP contribution in [0, 0.1) is 11.3 Å². The second-order valence-electron chi connectivity index (χ2n) is 8.31. The fourth-order valence-electron chi connectivity index (χ4n) is 5.27. The summed E-state index contributed by atoms with van der Waals surface area (Å²) in [5.41, 5.74) is 0.796. The minimum Gasteiger partial charge on any atom is -0.503 e. The van der Waals surface area contributed by atoms with Crippen LogP contribution in [0.5, 0.6) is 0 Å². The molecule has 0 saturated heterocycles. The van der Waals surface area contributed by atoms with Crippen molar-refractivity contribution in [2.24, 2.45) is 11.3 Å². The van der Waals surface area contributed by atoms with Gasteiger partial charge in [-0.1, -0.05) is 55.8 Å². The number of Topliss-reactive ketones (excluding diaryl/α,β-unsaturated/α-hetero) is 1. The molecule has 1 N–H and O–H groups in total. The number of amides is 2. The molecule has 1 saturated carbocycles. The number of fused-ring (bicyclic) bond motifs is 1. The molecule has 2 amide bonds. The van der Waals surface area contributed by atoms with Crippen LogP contribution in [0.15, 0.2) is 17.9 Å². The summed E-state index contributed by atoms with van der Waals surface area (Å²) in [6.45, 7) is 2.11. The molecule has 5 nitrogen and oxygen atoms in total. The number of carbonyl (C=O) groups is 3. The molecule has 154 valence electrons. The second-order valence-corrected chi connectivity index (χ2v) is 9.07. The van der Waals surface area contributed by atoms with E-state index in [1.165, 1.54) is 0 Å². The van der Waals surface area contributed by atoms with Gasteiger partial charge in [0, 0.05) is 11.0 Å². The predicted octanol–water partition coefficient (Wildman–Crippen LogP) is 5.41. The molecule has 3 aliphatic rings. The smallest absolute Gasteiger partial charge is 0.300 e. The molecule has 0 bridgehead atoms. The molecule has 0 aromatic heterocycles. The molecular weight excluding hydrogens is 413 g/mol. The first kappa shape index (κ1) is 20.4. The summed E-state index contributed by atoms with van der Waals surface area (Å²) in [5, 5.41) is 9.72. The highest BCUT2D eigenvalue weighted by Crippen LogP contribution is 2.55. The maximum Gasteiger partial charge on any atom is 0.300 e. The number of unbranched alkanes of at least 4 members (excludes halogenated alkanes) is 1. The topological polar surface area (TPSA) is 74.7 Å².